The van der Waals surface area contributed by atoms with Crippen molar-refractivity contribution in [1.82, 2.24) is 10.2 Å². The van der Waals surface area contributed by atoms with Gasteiger partial charge >= 0.3 is 0 Å². The Labute approximate surface area is 117 Å². The Hall–Kier alpha value is -1.65. The van der Waals surface area contributed by atoms with Crippen molar-refractivity contribution in [2.75, 3.05) is 13.1 Å². The van der Waals surface area contributed by atoms with E-state index in [0.29, 0.717) is 12.1 Å². The summed E-state index contributed by atoms with van der Waals surface area (Å²) in [4.78, 5) is 25.7. The number of nitrogens with zero attached hydrogens (tertiary/aromatic N) is 1. The number of nitrogens with one attached hydrogen (secondary N) is 1. The molecule has 1 atom stereocenters. The van der Waals surface area contributed by atoms with Gasteiger partial charge in [0.05, 0.1) is 11.6 Å². The van der Waals surface area contributed by atoms with Gasteiger partial charge in [0.15, 0.2) is 0 Å². The standard InChI is InChI=1S/C14H14N2O2.ClH/c17-13-8-12(10-4-2-1-3-5-10)14(18)16(13)11-6-7-15-9-11;/h1-5,8,11,15H,6-7,9H2;1H. The van der Waals surface area contributed by atoms with Crippen molar-refractivity contribution in [3.8, 4) is 0 Å². The minimum Gasteiger partial charge on any atom is -0.315 e. The van der Waals surface area contributed by atoms with E-state index in [0.717, 1.165) is 18.5 Å². The van der Waals surface area contributed by atoms with E-state index in [1.807, 2.05) is 30.3 Å². The molecule has 4 nitrogen and oxygen atoms in total. The van der Waals surface area contributed by atoms with E-state index in [1.54, 1.807) is 0 Å². The van der Waals surface area contributed by atoms with Crippen LogP contribution in [0.1, 0.15) is 12.0 Å². The normalized spacial score (nSPS) is 22.4. The Morgan fingerprint density at radius 3 is 2.53 bits per heavy atom. The fourth-order valence-electron chi connectivity index (χ4n) is 2.51. The number of hydrogen-bond donors (Lipinski definition) is 1. The van der Waals surface area contributed by atoms with Crippen molar-refractivity contribution >= 4 is 29.8 Å². The molecule has 1 N–H and O–H groups in total. The van der Waals surface area contributed by atoms with Crippen molar-refractivity contribution in [1.29, 1.82) is 0 Å². The SMILES string of the molecule is Cl.O=C1C=C(c2ccccc2)C(=O)N1C1CCNC1. The van der Waals surface area contributed by atoms with Crippen LogP contribution >= 0.6 is 12.4 Å². The summed E-state index contributed by atoms with van der Waals surface area (Å²) >= 11 is 0. The summed E-state index contributed by atoms with van der Waals surface area (Å²) in [6, 6.07) is 9.34. The second kappa shape index (κ2) is 5.55. The van der Waals surface area contributed by atoms with E-state index >= 15 is 0 Å². The molecule has 19 heavy (non-hydrogen) atoms. The van der Waals surface area contributed by atoms with E-state index in [4.69, 9.17) is 0 Å². The summed E-state index contributed by atoms with van der Waals surface area (Å²) in [5.41, 5.74) is 1.32. The molecule has 0 radical (unpaired) electrons. The van der Waals surface area contributed by atoms with Crippen LogP contribution in [-0.2, 0) is 9.59 Å². The van der Waals surface area contributed by atoms with Crippen LogP contribution in [0.3, 0.4) is 0 Å². The molecule has 0 spiro atoms. The maximum atomic E-state index is 12.3. The van der Waals surface area contributed by atoms with Crippen molar-refractivity contribution in [3.63, 3.8) is 0 Å². The number of carbonyl (C=O) groups excluding carboxylic acids is 2. The van der Waals surface area contributed by atoms with E-state index in [1.165, 1.54) is 11.0 Å². The molecule has 5 heteroatoms. The van der Waals surface area contributed by atoms with E-state index < -0.39 is 0 Å². The van der Waals surface area contributed by atoms with Gasteiger partial charge < -0.3 is 5.32 Å². The van der Waals surface area contributed by atoms with Gasteiger partial charge in [-0.3, -0.25) is 14.5 Å². The minimum absolute atomic E-state index is 0. The van der Waals surface area contributed by atoms with E-state index in [-0.39, 0.29) is 30.3 Å². The molecule has 3 rings (SSSR count). The van der Waals surface area contributed by atoms with Crippen molar-refractivity contribution in [3.05, 3.63) is 42.0 Å². The molecule has 0 aromatic heterocycles. The Kier molecular flexibility index (Phi) is 4.02. The molecule has 1 aromatic rings. The third-order valence-corrected chi connectivity index (χ3v) is 3.44. The average Bonchev–Trinajstić information content (AvgIpc) is 2.99. The molecule has 2 aliphatic heterocycles. The van der Waals surface area contributed by atoms with E-state index in [2.05, 4.69) is 5.32 Å². The summed E-state index contributed by atoms with van der Waals surface area (Å²) in [6.07, 6.45) is 2.30. The fraction of sp³-hybridized carbons (Fsp3) is 0.286. The lowest BCUT2D eigenvalue weighted by Crippen LogP contribution is -2.41. The van der Waals surface area contributed by atoms with Gasteiger partial charge in [-0.1, -0.05) is 30.3 Å². The highest BCUT2D eigenvalue weighted by atomic mass is 35.5. The Balaban J connectivity index is 0.00000133. The van der Waals surface area contributed by atoms with Gasteiger partial charge in [-0.15, -0.1) is 12.4 Å². The molecule has 2 amide bonds. The van der Waals surface area contributed by atoms with Crippen LogP contribution in [-0.4, -0.2) is 35.8 Å². The summed E-state index contributed by atoms with van der Waals surface area (Å²) in [6.45, 7) is 1.57. The lowest BCUT2D eigenvalue weighted by molar-refractivity contribution is -0.138. The molecular weight excluding hydrogens is 264 g/mol. The molecule has 1 fully saturated rings. The molecule has 2 heterocycles. The Morgan fingerprint density at radius 1 is 1.16 bits per heavy atom. The molecule has 0 saturated carbocycles. The summed E-state index contributed by atoms with van der Waals surface area (Å²) in [5, 5.41) is 3.18. The van der Waals surface area contributed by atoms with Gasteiger partial charge in [-0.25, -0.2) is 0 Å². The zero-order valence-electron chi connectivity index (χ0n) is 10.3. The summed E-state index contributed by atoms with van der Waals surface area (Å²) < 4.78 is 0. The highest BCUT2D eigenvalue weighted by molar-refractivity contribution is 6.33. The largest absolute Gasteiger partial charge is 0.315 e. The van der Waals surface area contributed by atoms with Crippen LogP contribution in [0.5, 0.6) is 0 Å². The quantitative estimate of drug-likeness (QED) is 0.828. The second-order valence-corrected chi connectivity index (χ2v) is 4.58. The van der Waals surface area contributed by atoms with Crippen LogP contribution in [0.15, 0.2) is 36.4 Å². The highest BCUT2D eigenvalue weighted by Crippen LogP contribution is 2.26. The van der Waals surface area contributed by atoms with Gasteiger partial charge in [0.25, 0.3) is 11.8 Å². The maximum Gasteiger partial charge on any atom is 0.261 e. The monoisotopic (exact) mass is 278 g/mol. The summed E-state index contributed by atoms with van der Waals surface area (Å²) in [5.74, 6) is -0.354. The number of imide groups is 1. The predicted octanol–water partition coefficient (Wildman–Crippen LogP) is 1.22. The fourth-order valence-corrected chi connectivity index (χ4v) is 2.51. The molecule has 0 bridgehead atoms. The third kappa shape index (κ3) is 2.41. The van der Waals surface area contributed by atoms with Gasteiger partial charge in [0.2, 0.25) is 0 Å². The zero-order chi connectivity index (χ0) is 12.5. The van der Waals surface area contributed by atoms with Crippen LogP contribution in [0.4, 0.5) is 0 Å². The topological polar surface area (TPSA) is 49.4 Å². The zero-order valence-corrected chi connectivity index (χ0v) is 11.2. The number of halogens is 1. The third-order valence-electron chi connectivity index (χ3n) is 3.44. The van der Waals surface area contributed by atoms with Crippen LogP contribution in [0, 0.1) is 0 Å². The molecular formula is C14H15ClN2O2. The first-order chi connectivity index (χ1) is 8.77. The molecule has 1 unspecified atom stereocenters. The smallest absolute Gasteiger partial charge is 0.261 e. The Morgan fingerprint density at radius 2 is 1.89 bits per heavy atom. The molecule has 2 aliphatic rings. The van der Waals surface area contributed by atoms with Crippen molar-refractivity contribution in [2.24, 2.45) is 0 Å². The van der Waals surface area contributed by atoms with Gasteiger partial charge in [0, 0.05) is 12.6 Å². The van der Waals surface area contributed by atoms with Gasteiger partial charge in [-0.2, -0.15) is 0 Å². The average molecular weight is 279 g/mol. The first-order valence-electron chi connectivity index (χ1n) is 6.13. The van der Waals surface area contributed by atoms with Crippen molar-refractivity contribution < 1.29 is 9.59 Å². The molecule has 1 saturated heterocycles. The van der Waals surface area contributed by atoms with Crippen LogP contribution in [0.25, 0.3) is 5.57 Å². The van der Waals surface area contributed by atoms with Gasteiger partial charge in [-0.05, 0) is 18.5 Å². The number of carbonyl (C=O) groups is 2. The van der Waals surface area contributed by atoms with Crippen molar-refractivity contribution in [2.45, 2.75) is 12.5 Å². The first kappa shape index (κ1) is 13.8. The molecule has 1 aromatic carbocycles. The lowest BCUT2D eigenvalue weighted by Gasteiger charge is -2.21. The molecule has 100 valence electrons. The first-order valence-corrected chi connectivity index (χ1v) is 6.13. The van der Waals surface area contributed by atoms with Crippen LogP contribution < -0.4 is 5.32 Å². The molecule has 0 aliphatic carbocycles. The van der Waals surface area contributed by atoms with Crippen LogP contribution in [0.2, 0.25) is 0 Å². The second-order valence-electron chi connectivity index (χ2n) is 4.58. The van der Waals surface area contributed by atoms with Gasteiger partial charge in [0.1, 0.15) is 0 Å². The number of benzene rings is 1. The predicted molar refractivity (Wildman–Crippen MR) is 74.8 cm³/mol. The van der Waals surface area contributed by atoms with E-state index in [9.17, 15) is 9.59 Å². The summed E-state index contributed by atoms with van der Waals surface area (Å²) in [7, 11) is 0. The highest BCUT2D eigenvalue weighted by Gasteiger charge is 2.37. The number of hydrogen-bond acceptors (Lipinski definition) is 3. The number of rotatable bonds is 2. The lowest BCUT2D eigenvalue weighted by atomic mass is 10.1. The number of amides is 2. The Bertz CT molecular complexity index is 522. The maximum absolute atomic E-state index is 12.3. The minimum atomic E-state index is -0.187.